The molecule has 0 spiro atoms. The minimum absolute atomic E-state index is 0.0810. The topological polar surface area (TPSA) is 40.9 Å². The van der Waals surface area contributed by atoms with Crippen LogP contribution in [-0.2, 0) is 0 Å². The van der Waals surface area contributed by atoms with Crippen molar-refractivity contribution in [2.75, 3.05) is 0 Å². The zero-order valence-corrected chi connectivity index (χ0v) is 6.89. The molecular weight excluding hydrogens is 158 g/mol. The van der Waals surface area contributed by atoms with Crippen molar-refractivity contribution in [3.8, 4) is 6.07 Å². The van der Waals surface area contributed by atoms with Gasteiger partial charge in [-0.1, -0.05) is 6.07 Å². The Bertz CT molecular complexity index is 284. The highest BCUT2D eigenvalue weighted by Gasteiger charge is 2.14. The summed E-state index contributed by atoms with van der Waals surface area (Å²) in [6.45, 7) is 1.61. The van der Waals surface area contributed by atoms with Gasteiger partial charge in [-0.25, -0.2) is 0 Å². The van der Waals surface area contributed by atoms with Crippen LogP contribution in [0.2, 0.25) is 0 Å². The summed E-state index contributed by atoms with van der Waals surface area (Å²) in [4.78, 5) is 11.9. The summed E-state index contributed by atoms with van der Waals surface area (Å²) in [6.07, 6.45) is 0. The molecule has 0 bridgehead atoms. The van der Waals surface area contributed by atoms with Crippen LogP contribution in [0.3, 0.4) is 0 Å². The van der Waals surface area contributed by atoms with Gasteiger partial charge in [0.25, 0.3) is 0 Å². The Morgan fingerprint density at radius 1 is 1.82 bits per heavy atom. The third-order valence-electron chi connectivity index (χ3n) is 1.35. The number of nitrogens with zero attached hydrogens (tertiary/aromatic N) is 1. The maximum absolute atomic E-state index is 11.2. The Hall–Kier alpha value is -1.14. The molecule has 1 heterocycles. The number of Topliss-reactive ketones (excluding diaryl/α,β-unsaturated/α-hetero) is 1. The van der Waals surface area contributed by atoms with Crippen LogP contribution in [0.4, 0.5) is 0 Å². The van der Waals surface area contributed by atoms with E-state index in [1.807, 2.05) is 17.5 Å². The monoisotopic (exact) mass is 165 g/mol. The number of hydrogen-bond acceptors (Lipinski definition) is 3. The van der Waals surface area contributed by atoms with Gasteiger partial charge in [0.15, 0.2) is 5.78 Å². The smallest absolute Gasteiger partial charge is 0.189 e. The van der Waals surface area contributed by atoms with Gasteiger partial charge in [0, 0.05) is 0 Å². The number of nitriles is 1. The second kappa shape index (κ2) is 3.31. The molecule has 0 aromatic carbocycles. The molecular formula is C8H7NOS. The van der Waals surface area contributed by atoms with Gasteiger partial charge in [-0.2, -0.15) is 5.26 Å². The summed E-state index contributed by atoms with van der Waals surface area (Å²) in [6, 6.07) is 5.45. The molecule has 0 amide bonds. The van der Waals surface area contributed by atoms with E-state index in [4.69, 9.17) is 5.26 Å². The van der Waals surface area contributed by atoms with E-state index in [9.17, 15) is 4.79 Å². The van der Waals surface area contributed by atoms with Gasteiger partial charge in [-0.3, -0.25) is 4.79 Å². The van der Waals surface area contributed by atoms with Crippen LogP contribution >= 0.6 is 11.3 Å². The predicted octanol–water partition coefficient (Wildman–Crippen LogP) is 2.09. The largest absolute Gasteiger partial charge is 0.292 e. The third kappa shape index (κ3) is 1.66. The Kier molecular flexibility index (Phi) is 2.40. The summed E-state index contributed by atoms with van der Waals surface area (Å²) in [5.74, 6) is -0.601. The summed E-state index contributed by atoms with van der Waals surface area (Å²) in [5.41, 5.74) is 0. The van der Waals surface area contributed by atoms with Crippen LogP contribution in [0.1, 0.15) is 16.6 Å². The van der Waals surface area contributed by atoms with Crippen LogP contribution in [0, 0.1) is 17.2 Å². The van der Waals surface area contributed by atoms with E-state index in [-0.39, 0.29) is 5.78 Å². The first-order valence-electron chi connectivity index (χ1n) is 3.23. The van der Waals surface area contributed by atoms with E-state index in [1.54, 1.807) is 13.0 Å². The van der Waals surface area contributed by atoms with Crippen LogP contribution in [0.15, 0.2) is 17.5 Å². The van der Waals surface area contributed by atoms with Crippen LogP contribution < -0.4 is 0 Å². The fourth-order valence-electron chi connectivity index (χ4n) is 0.691. The molecule has 0 fully saturated rings. The lowest BCUT2D eigenvalue weighted by Crippen LogP contribution is -2.06. The van der Waals surface area contributed by atoms with E-state index < -0.39 is 5.92 Å². The van der Waals surface area contributed by atoms with Crippen molar-refractivity contribution >= 4 is 17.1 Å². The molecule has 2 nitrogen and oxygen atoms in total. The molecule has 0 aliphatic rings. The van der Waals surface area contributed by atoms with E-state index in [1.165, 1.54) is 11.3 Å². The van der Waals surface area contributed by atoms with Crippen molar-refractivity contribution in [3.05, 3.63) is 22.4 Å². The van der Waals surface area contributed by atoms with Crippen LogP contribution in [0.25, 0.3) is 0 Å². The standard InChI is InChI=1S/C8H7NOS/c1-6(5-9)8(10)7-3-2-4-11-7/h2-4,6H,1H3. The highest BCUT2D eigenvalue weighted by atomic mass is 32.1. The number of carbonyl (C=O) groups excluding carboxylic acids is 1. The lowest BCUT2D eigenvalue weighted by Gasteiger charge is -1.95. The number of ketones is 1. The van der Waals surface area contributed by atoms with Crippen LogP contribution in [0.5, 0.6) is 0 Å². The number of thiophene rings is 1. The predicted molar refractivity (Wildman–Crippen MR) is 43.4 cm³/mol. The van der Waals surface area contributed by atoms with Gasteiger partial charge < -0.3 is 0 Å². The highest BCUT2D eigenvalue weighted by Crippen LogP contribution is 2.13. The maximum Gasteiger partial charge on any atom is 0.189 e. The highest BCUT2D eigenvalue weighted by molar-refractivity contribution is 7.12. The molecule has 0 saturated carbocycles. The average molecular weight is 165 g/mol. The van der Waals surface area contributed by atoms with Gasteiger partial charge in [-0.15, -0.1) is 11.3 Å². The zero-order valence-electron chi connectivity index (χ0n) is 6.07. The van der Waals surface area contributed by atoms with Gasteiger partial charge >= 0.3 is 0 Å². The molecule has 0 aliphatic carbocycles. The van der Waals surface area contributed by atoms with E-state index >= 15 is 0 Å². The molecule has 1 aromatic rings. The molecule has 1 aromatic heterocycles. The van der Waals surface area contributed by atoms with Crippen molar-refractivity contribution in [2.24, 2.45) is 5.92 Å². The molecule has 0 aliphatic heterocycles. The third-order valence-corrected chi connectivity index (χ3v) is 2.24. The summed E-state index contributed by atoms with van der Waals surface area (Å²) in [7, 11) is 0. The molecule has 56 valence electrons. The molecule has 0 saturated heterocycles. The molecule has 1 unspecified atom stereocenters. The number of carbonyl (C=O) groups is 1. The molecule has 1 rings (SSSR count). The molecule has 0 N–H and O–H groups in total. The minimum Gasteiger partial charge on any atom is -0.292 e. The minimum atomic E-state index is -0.520. The fraction of sp³-hybridized carbons (Fsp3) is 0.250. The fourth-order valence-corrected chi connectivity index (χ4v) is 1.44. The second-order valence-electron chi connectivity index (χ2n) is 2.19. The van der Waals surface area contributed by atoms with Crippen molar-refractivity contribution in [2.45, 2.75) is 6.92 Å². The molecule has 3 heteroatoms. The van der Waals surface area contributed by atoms with Crippen LogP contribution in [-0.4, -0.2) is 5.78 Å². The van der Waals surface area contributed by atoms with E-state index in [0.717, 1.165) is 0 Å². The summed E-state index contributed by atoms with van der Waals surface area (Å²) >= 11 is 1.37. The lowest BCUT2D eigenvalue weighted by atomic mass is 10.1. The van der Waals surface area contributed by atoms with Gasteiger partial charge in [0.1, 0.15) is 5.92 Å². The van der Waals surface area contributed by atoms with E-state index in [0.29, 0.717) is 4.88 Å². The molecule has 1 atom stereocenters. The number of hydrogen-bond donors (Lipinski definition) is 0. The van der Waals surface area contributed by atoms with Gasteiger partial charge in [0.05, 0.1) is 10.9 Å². The SMILES string of the molecule is CC(C#N)C(=O)c1cccs1. The Labute approximate surface area is 69.1 Å². The second-order valence-corrected chi connectivity index (χ2v) is 3.14. The Balaban J connectivity index is 2.81. The van der Waals surface area contributed by atoms with E-state index in [2.05, 4.69) is 0 Å². The first kappa shape index (κ1) is 7.96. The summed E-state index contributed by atoms with van der Waals surface area (Å²) in [5, 5.41) is 10.3. The van der Waals surface area contributed by atoms with Crippen molar-refractivity contribution in [1.82, 2.24) is 0 Å². The molecule has 0 radical (unpaired) electrons. The Morgan fingerprint density at radius 3 is 3.00 bits per heavy atom. The summed E-state index contributed by atoms with van der Waals surface area (Å²) < 4.78 is 0. The van der Waals surface area contributed by atoms with Crippen molar-refractivity contribution in [1.29, 1.82) is 5.26 Å². The first-order valence-corrected chi connectivity index (χ1v) is 4.11. The normalized spacial score (nSPS) is 12.0. The quantitative estimate of drug-likeness (QED) is 0.629. The van der Waals surface area contributed by atoms with Gasteiger partial charge in [-0.05, 0) is 18.4 Å². The number of rotatable bonds is 2. The first-order chi connectivity index (χ1) is 5.25. The lowest BCUT2D eigenvalue weighted by molar-refractivity contribution is 0.0960. The maximum atomic E-state index is 11.2. The van der Waals surface area contributed by atoms with Crippen molar-refractivity contribution in [3.63, 3.8) is 0 Å². The van der Waals surface area contributed by atoms with Crippen molar-refractivity contribution < 1.29 is 4.79 Å². The van der Waals surface area contributed by atoms with Gasteiger partial charge in [0.2, 0.25) is 0 Å². The molecule has 11 heavy (non-hydrogen) atoms. The zero-order chi connectivity index (χ0) is 8.27. The average Bonchev–Trinajstić information content (AvgIpc) is 2.53. The Morgan fingerprint density at radius 2 is 2.55 bits per heavy atom.